The average Bonchev–Trinajstić information content (AvgIpc) is 2.64. The van der Waals surface area contributed by atoms with Crippen LogP contribution in [0.2, 0.25) is 0 Å². The lowest BCUT2D eigenvalue weighted by Crippen LogP contribution is -2.40. The van der Waals surface area contributed by atoms with Crippen molar-refractivity contribution >= 4 is 51.8 Å². The molecule has 1 aromatic carbocycles. The molecule has 1 unspecified atom stereocenters. The predicted molar refractivity (Wildman–Crippen MR) is 118 cm³/mol. The third-order valence-corrected chi connectivity index (χ3v) is 4.32. The van der Waals surface area contributed by atoms with Crippen molar-refractivity contribution in [3.05, 3.63) is 52.3 Å². The zero-order valence-corrected chi connectivity index (χ0v) is 19.1. The van der Waals surface area contributed by atoms with Crippen LogP contribution >= 0.6 is 39.9 Å². The van der Waals surface area contributed by atoms with Gasteiger partial charge in [-0.25, -0.2) is 9.97 Å². The van der Waals surface area contributed by atoms with E-state index in [2.05, 4.69) is 46.8 Å². The number of aliphatic imine (C=N–C) groups is 1. The fourth-order valence-corrected chi connectivity index (χ4v) is 2.89. The molecular weight excluding hydrogens is 552 g/mol. The smallest absolute Gasteiger partial charge is 0.355 e. The molecule has 0 spiro atoms. The van der Waals surface area contributed by atoms with E-state index in [1.165, 1.54) is 0 Å². The minimum absolute atomic E-state index is 0. The van der Waals surface area contributed by atoms with Crippen LogP contribution in [0.4, 0.5) is 19.1 Å². The van der Waals surface area contributed by atoms with Gasteiger partial charge in [0.1, 0.15) is 5.69 Å². The molecule has 0 bridgehead atoms. The monoisotopic (exact) mass is 572 g/mol. The zero-order valence-electron chi connectivity index (χ0n) is 15.2. The number of halogens is 5. The number of nitrogens with one attached hydrogen (secondary N) is 3. The highest BCUT2D eigenvalue weighted by Gasteiger charge is 2.32. The molecule has 1 heterocycles. The lowest BCUT2D eigenvalue weighted by Gasteiger charge is -2.19. The molecule has 0 radical (unpaired) electrons. The van der Waals surface area contributed by atoms with Crippen LogP contribution in [-0.2, 0) is 6.18 Å². The molecule has 11 heteroatoms. The van der Waals surface area contributed by atoms with Gasteiger partial charge in [0.15, 0.2) is 5.96 Å². The van der Waals surface area contributed by atoms with Gasteiger partial charge in [-0.2, -0.15) is 13.2 Å². The van der Waals surface area contributed by atoms with Crippen molar-refractivity contribution in [3.8, 4) is 0 Å². The summed E-state index contributed by atoms with van der Waals surface area (Å²) >= 11 is 3.51. The summed E-state index contributed by atoms with van der Waals surface area (Å²) < 4.78 is 38.9. The number of aromatic nitrogens is 2. The second-order valence-electron chi connectivity index (χ2n) is 5.58. The number of anilines is 1. The van der Waals surface area contributed by atoms with E-state index in [4.69, 9.17) is 0 Å². The summed E-state index contributed by atoms with van der Waals surface area (Å²) in [6.45, 7) is 2.75. The van der Waals surface area contributed by atoms with E-state index in [9.17, 15) is 13.2 Å². The van der Waals surface area contributed by atoms with Crippen LogP contribution in [0.1, 0.15) is 24.2 Å². The standard InChI is InChI=1S/C17H20BrF3N6.HI/c1-11(12-5-3-4-6-13(12)18)26-15(22-2)24-9-10-25-16-23-8-7-14(27-16)17(19,20)21;/h3-8,11H,9-10H2,1-2H3,(H2,22,24,26)(H,23,25,27);1H. The molecule has 1 aromatic heterocycles. The maximum absolute atomic E-state index is 12.6. The topological polar surface area (TPSA) is 74.2 Å². The number of hydrogen-bond donors (Lipinski definition) is 3. The van der Waals surface area contributed by atoms with E-state index < -0.39 is 11.9 Å². The molecule has 0 saturated heterocycles. The SMILES string of the molecule is CN=C(NCCNc1nccc(C(F)(F)F)n1)NC(C)c1ccccc1Br.I. The van der Waals surface area contributed by atoms with E-state index in [-0.39, 0.29) is 36.0 Å². The minimum atomic E-state index is -4.49. The Balaban J connectivity index is 0.00000392. The molecule has 154 valence electrons. The fraction of sp³-hybridized carbons (Fsp3) is 0.353. The predicted octanol–water partition coefficient (Wildman–Crippen LogP) is 4.21. The van der Waals surface area contributed by atoms with Crippen molar-refractivity contribution in [1.82, 2.24) is 20.6 Å². The molecule has 1 atom stereocenters. The summed E-state index contributed by atoms with van der Waals surface area (Å²) in [6.07, 6.45) is -3.42. The number of nitrogens with zero attached hydrogens (tertiary/aromatic N) is 3. The molecule has 0 saturated carbocycles. The Bertz CT molecular complexity index is 787. The summed E-state index contributed by atoms with van der Waals surface area (Å²) in [6, 6.07) is 8.69. The van der Waals surface area contributed by atoms with Gasteiger partial charge in [-0.15, -0.1) is 24.0 Å². The van der Waals surface area contributed by atoms with Gasteiger partial charge in [0, 0.05) is 30.8 Å². The molecule has 28 heavy (non-hydrogen) atoms. The van der Waals surface area contributed by atoms with Gasteiger partial charge < -0.3 is 16.0 Å². The summed E-state index contributed by atoms with van der Waals surface area (Å²) in [4.78, 5) is 11.4. The van der Waals surface area contributed by atoms with E-state index in [0.717, 1.165) is 22.3 Å². The van der Waals surface area contributed by atoms with Gasteiger partial charge in [-0.05, 0) is 24.6 Å². The summed E-state index contributed by atoms with van der Waals surface area (Å²) in [5, 5.41) is 9.10. The summed E-state index contributed by atoms with van der Waals surface area (Å²) in [5.74, 6) is 0.501. The molecule has 0 fully saturated rings. The van der Waals surface area contributed by atoms with Gasteiger partial charge >= 0.3 is 6.18 Å². The molecule has 6 nitrogen and oxygen atoms in total. The Morgan fingerprint density at radius 2 is 1.93 bits per heavy atom. The van der Waals surface area contributed by atoms with Gasteiger partial charge in [0.2, 0.25) is 5.95 Å². The number of rotatable bonds is 6. The Morgan fingerprint density at radius 3 is 2.57 bits per heavy atom. The van der Waals surface area contributed by atoms with E-state index in [1.807, 2.05) is 31.2 Å². The highest BCUT2D eigenvalue weighted by molar-refractivity contribution is 14.0. The average molecular weight is 573 g/mol. The fourth-order valence-electron chi connectivity index (χ4n) is 2.26. The van der Waals surface area contributed by atoms with Crippen LogP contribution in [-0.4, -0.2) is 36.1 Å². The second-order valence-corrected chi connectivity index (χ2v) is 6.43. The third kappa shape index (κ3) is 7.41. The molecule has 0 aliphatic heterocycles. The first kappa shape index (κ1) is 24.4. The van der Waals surface area contributed by atoms with Crippen LogP contribution in [0.3, 0.4) is 0 Å². The van der Waals surface area contributed by atoms with E-state index in [1.54, 1.807) is 7.05 Å². The third-order valence-electron chi connectivity index (χ3n) is 3.60. The highest BCUT2D eigenvalue weighted by atomic mass is 127. The molecular formula is C17H21BrF3IN6. The van der Waals surface area contributed by atoms with Crippen LogP contribution in [0, 0.1) is 0 Å². The quantitative estimate of drug-likeness (QED) is 0.209. The normalized spacial score (nSPS) is 12.7. The zero-order chi connectivity index (χ0) is 19.9. The van der Waals surface area contributed by atoms with Crippen LogP contribution in [0.15, 0.2) is 46.0 Å². The van der Waals surface area contributed by atoms with Gasteiger partial charge in [0.05, 0.1) is 6.04 Å². The summed E-state index contributed by atoms with van der Waals surface area (Å²) in [7, 11) is 1.64. The number of hydrogen-bond acceptors (Lipinski definition) is 4. The Morgan fingerprint density at radius 1 is 1.21 bits per heavy atom. The van der Waals surface area contributed by atoms with E-state index >= 15 is 0 Å². The van der Waals surface area contributed by atoms with Crippen molar-refractivity contribution in [2.75, 3.05) is 25.5 Å². The Labute approximate surface area is 187 Å². The lowest BCUT2D eigenvalue weighted by atomic mass is 10.1. The molecule has 2 rings (SSSR count). The first-order chi connectivity index (χ1) is 12.8. The number of guanidine groups is 1. The summed E-state index contributed by atoms with van der Waals surface area (Å²) in [5.41, 5.74) is 0.101. The lowest BCUT2D eigenvalue weighted by molar-refractivity contribution is -0.141. The van der Waals surface area contributed by atoms with Crippen molar-refractivity contribution < 1.29 is 13.2 Å². The molecule has 0 aliphatic carbocycles. The van der Waals surface area contributed by atoms with Crippen LogP contribution in [0.5, 0.6) is 0 Å². The van der Waals surface area contributed by atoms with Crippen molar-refractivity contribution in [1.29, 1.82) is 0 Å². The largest absolute Gasteiger partial charge is 0.433 e. The molecule has 3 N–H and O–H groups in total. The number of benzene rings is 1. The molecule has 0 aliphatic rings. The van der Waals surface area contributed by atoms with Crippen molar-refractivity contribution in [3.63, 3.8) is 0 Å². The Kier molecular flexibility index (Phi) is 9.93. The minimum Gasteiger partial charge on any atom is -0.355 e. The first-order valence-corrected chi connectivity index (χ1v) is 8.96. The van der Waals surface area contributed by atoms with Crippen molar-refractivity contribution in [2.45, 2.75) is 19.1 Å². The van der Waals surface area contributed by atoms with Crippen LogP contribution in [0.25, 0.3) is 0 Å². The van der Waals surface area contributed by atoms with Crippen LogP contribution < -0.4 is 16.0 Å². The van der Waals surface area contributed by atoms with Gasteiger partial charge in [-0.1, -0.05) is 34.1 Å². The molecule has 0 amide bonds. The molecule has 2 aromatic rings. The highest BCUT2D eigenvalue weighted by Crippen LogP contribution is 2.27. The second kappa shape index (κ2) is 11.4. The van der Waals surface area contributed by atoms with E-state index in [0.29, 0.717) is 19.0 Å². The maximum atomic E-state index is 12.6. The first-order valence-electron chi connectivity index (χ1n) is 8.17. The van der Waals surface area contributed by atoms with Gasteiger partial charge in [-0.3, -0.25) is 4.99 Å². The number of alkyl halides is 3. The van der Waals surface area contributed by atoms with Gasteiger partial charge in [0.25, 0.3) is 0 Å². The maximum Gasteiger partial charge on any atom is 0.433 e. The van der Waals surface area contributed by atoms with Crippen molar-refractivity contribution in [2.24, 2.45) is 4.99 Å². The Hall–Kier alpha value is -1.63.